The van der Waals surface area contributed by atoms with Crippen molar-refractivity contribution in [3.05, 3.63) is 125 Å². The third-order valence-electron chi connectivity index (χ3n) is 7.12. The van der Waals surface area contributed by atoms with Crippen molar-refractivity contribution in [2.45, 2.75) is 43.0 Å². The molecule has 1 saturated heterocycles. The minimum Gasteiger partial charge on any atom is -0.396 e. The Morgan fingerprint density at radius 2 is 1.52 bits per heavy atom. The molecule has 0 amide bonds. The highest BCUT2D eigenvalue weighted by molar-refractivity contribution is 7.99. The van der Waals surface area contributed by atoms with Crippen molar-refractivity contribution in [2.24, 2.45) is 0 Å². The first kappa shape index (κ1) is 30.4. The van der Waals surface area contributed by atoms with Crippen molar-refractivity contribution in [1.82, 2.24) is 4.72 Å². The van der Waals surface area contributed by atoms with E-state index in [4.69, 9.17) is 9.47 Å². The third kappa shape index (κ3) is 7.87. The first-order valence-electron chi connectivity index (χ1n) is 13.9. The van der Waals surface area contributed by atoms with Gasteiger partial charge in [0.25, 0.3) is 0 Å². The van der Waals surface area contributed by atoms with Crippen molar-refractivity contribution in [2.75, 3.05) is 18.1 Å². The first-order chi connectivity index (χ1) is 20.4. The van der Waals surface area contributed by atoms with Gasteiger partial charge in [-0.15, -0.1) is 0 Å². The molecule has 1 aliphatic rings. The van der Waals surface area contributed by atoms with Crippen LogP contribution in [0.2, 0.25) is 0 Å². The highest BCUT2D eigenvalue weighted by Crippen LogP contribution is 2.39. The molecule has 0 aliphatic carbocycles. The van der Waals surface area contributed by atoms with Crippen molar-refractivity contribution >= 4 is 21.8 Å². The molecule has 9 heteroatoms. The standard InChI is InChI=1S/C33H35NO6S2/c35-17-18-41-23-30-20-32(27-11-9-24(22-36)10-12-27)40-33(39-30)28-15-13-26(14-16-28)29-6-4-5-25(19-29)21-34-42(37,38)31-7-2-1-3-8-31/h1-16,19,30,32-36H,17-18,20-23H2/t30-,32+,33+/m0/s1. The number of benzene rings is 4. The molecule has 3 N–H and O–H groups in total. The van der Waals surface area contributed by atoms with Gasteiger partial charge < -0.3 is 19.7 Å². The van der Waals surface area contributed by atoms with Gasteiger partial charge in [-0.2, -0.15) is 11.8 Å². The molecule has 0 bridgehead atoms. The van der Waals surface area contributed by atoms with E-state index in [1.165, 1.54) is 0 Å². The van der Waals surface area contributed by atoms with Crippen LogP contribution in [0, 0.1) is 0 Å². The summed E-state index contributed by atoms with van der Waals surface area (Å²) in [5.74, 6) is 1.41. The molecule has 42 heavy (non-hydrogen) atoms. The van der Waals surface area contributed by atoms with Crippen LogP contribution >= 0.6 is 11.8 Å². The summed E-state index contributed by atoms with van der Waals surface area (Å²) in [6, 6.07) is 32.0. The molecule has 0 unspecified atom stereocenters. The van der Waals surface area contributed by atoms with Crippen molar-refractivity contribution < 1.29 is 28.1 Å². The summed E-state index contributed by atoms with van der Waals surface area (Å²) in [6.45, 7) is 0.310. The number of hydrogen-bond donors (Lipinski definition) is 3. The molecule has 220 valence electrons. The van der Waals surface area contributed by atoms with E-state index >= 15 is 0 Å². The van der Waals surface area contributed by atoms with Gasteiger partial charge in [-0.05, 0) is 46.0 Å². The van der Waals surface area contributed by atoms with Gasteiger partial charge in [0.15, 0.2) is 6.29 Å². The quantitative estimate of drug-likeness (QED) is 0.181. The number of hydrogen-bond acceptors (Lipinski definition) is 7. The second-order valence-electron chi connectivity index (χ2n) is 10.1. The predicted molar refractivity (Wildman–Crippen MR) is 165 cm³/mol. The normalized spacial score (nSPS) is 19.0. The summed E-state index contributed by atoms with van der Waals surface area (Å²) in [6.07, 6.45) is -0.0494. The lowest BCUT2D eigenvalue weighted by molar-refractivity contribution is -0.245. The average Bonchev–Trinajstić information content (AvgIpc) is 3.04. The van der Waals surface area contributed by atoms with E-state index in [0.29, 0.717) is 12.2 Å². The Kier molecular flexibility index (Phi) is 10.5. The van der Waals surface area contributed by atoms with E-state index in [9.17, 15) is 18.6 Å². The second kappa shape index (κ2) is 14.4. The lowest BCUT2D eigenvalue weighted by atomic mass is 9.99. The number of sulfonamides is 1. The molecule has 4 aromatic carbocycles. The Hall–Kier alpha value is -3.02. The van der Waals surface area contributed by atoms with E-state index < -0.39 is 16.3 Å². The van der Waals surface area contributed by atoms with E-state index in [1.807, 2.05) is 72.8 Å². The minimum atomic E-state index is -3.60. The van der Waals surface area contributed by atoms with Crippen molar-refractivity contribution in [1.29, 1.82) is 0 Å². The maximum Gasteiger partial charge on any atom is 0.240 e. The van der Waals surface area contributed by atoms with Gasteiger partial charge in [-0.3, -0.25) is 0 Å². The Balaban J connectivity index is 1.29. The SMILES string of the molecule is O=S(=O)(NCc1cccc(-c2ccc([C@@H]3O[C@H](CSCCO)C[C@H](c4ccc(CO)cc4)O3)cc2)c1)c1ccccc1. The lowest BCUT2D eigenvalue weighted by Crippen LogP contribution is -2.31. The number of ether oxygens (including phenoxy) is 2. The van der Waals surface area contributed by atoms with Crippen LogP contribution in [-0.4, -0.2) is 42.8 Å². The minimum absolute atomic E-state index is 0.00345. The molecule has 7 nitrogen and oxygen atoms in total. The summed E-state index contributed by atoms with van der Waals surface area (Å²) < 4.78 is 40.7. The van der Waals surface area contributed by atoms with Gasteiger partial charge in [0.1, 0.15) is 0 Å². The molecular formula is C33H35NO6S2. The summed E-state index contributed by atoms with van der Waals surface area (Å²) in [4.78, 5) is 0.238. The predicted octanol–water partition coefficient (Wildman–Crippen LogP) is 5.60. The lowest BCUT2D eigenvalue weighted by Gasteiger charge is -2.36. The monoisotopic (exact) mass is 605 g/mol. The molecule has 1 fully saturated rings. The van der Waals surface area contributed by atoms with Crippen LogP contribution in [-0.2, 0) is 32.6 Å². The van der Waals surface area contributed by atoms with E-state index in [-0.39, 0.29) is 36.9 Å². The molecular weight excluding hydrogens is 570 g/mol. The van der Waals surface area contributed by atoms with Gasteiger partial charge in [-0.25, -0.2) is 13.1 Å². The highest BCUT2D eigenvalue weighted by Gasteiger charge is 2.32. The van der Waals surface area contributed by atoms with Gasteiger partial charge in [-0.1, -0.05) is 84.9 Å². The van der Waals surface area contributed by atoms with Crippen LogP contribution in [0.15, 0.2) is 108 Å². The fraction of sp³-hybridized carbons (Fsp3) is 0.273. The molecule has 1 aliphatic heterocycles. The van der Waals surface area contributed by atoms with Gasteiger partial charge in [0.2, 0.25) is 10.0 Å². The average molecular weight is 606 g/mol. The fourth-order valence-corrected chi connectivity index (χ4v) is 6.67. The summed E-state index contributed by atoms with van der Waals surface area (Å²) in [5, 5.41) is 18.6. The number of nitrogens with one attached hydrogen (secondary N) is 1. The Morgan fingerprint density at radius 1 is 0.786 bits per heavy atom. The zero-order chi connectivity index (χ0) is 29.4. The second-order valence-corrected chi connectivity index (χ2v) is 13.0. The molecule has 4 aromatic rings. The summed E-state index contributed by atoms with van der Waals surface area (Å²) >= 11 is 1.66. The number of aliphatic hydroxyl groups is 2. The largest absolute Gasteiger partial charge is 0.396 e. The van der Waals surface area contributed by atoms with E-state index in [0.717, 1.165) is 39.1 Å². The maximum atomic E-state index is 12.6. The van der Waals surface area contributed by atoms with Crippen LogP contribution in [0.1, 0.15) is 41.1 Å². The maximum absolute atomic E-state index is 12.6. The fourth-order valence-electron chi connectivity index (χ4n) is 4.86. The highest BCUT2D eigenvalue weighted by atomic mass is 32.2. The van der Waals surface area contributed by atoms with Crippen LogP contribution in [0.25, 0.3) is 11.1 Å². The molecule has 1 heterocycles. The van der Waals surface area contributed by atoms with E-state index in [2.05, 4.69) is 4.72 Å². The first-order valence-corrected chi connectivity index (χ1v) is 16.5. The van der Waals surface area contributed by atoms with Gasteiger partial charge in [0, 0.05) is 30.0 Å². The van der Waals surface area contributed by atoms with Crippen LogP contribution in [0.3, 0.4) is 0 Å². The molecule has 0 aromatic heterocycles. The van der Waals surface area contributed by atoms with Gasteiger partial charge >= 0.3 is 0 Å². The number of aliphatic hydroxyl groups excluding tert-OH is 2. The number of rotatable bonds is 12. The molecule has 3 atom stereocenters. The zero-order valence-electron chi connectivity index (χ0n) is 23.1. The Labute approximate surface area is 251 Å². The Bertz CT molecular complexity index is 1530. The third-order valence-corrected chi connectivity index (χ3v) is 9.61. The van der Waals surface area contributed by atoms with E-state index in [1.54, 1.807) is 42.1 Å². The van der Waals surface area contributed by atoms with Crippen molar-refractivity contribution in [3.63, 3.8) is 0 Å². The number of thioether (sulfide) groups is 1. The van der Waals surface area contributed by atoms with Crippen LogP contribution in [0.5, 0.6) is 0 Å². The molecule has 5 rings (SSSR count). The molecule has 0 saturated carbocycles. The molecule has 0 spiro atoms. The van der Waals surface area contributed by atoms with Crippen LogP contribution < -0.4 is 4.72 Å². The summed E-state index contributed by atoms with van der Waals surface area (Å²) in [5.41, 5.74) is 5.62. The van der Waals surface area contributed by atoms with Gasteiger partial charge in [0.05, 0.1) is 30.3 Å². The molecule has 0 radical (unpaired) electrons. The van der Waals surface area contributed by atoms with Crippen molar-refractivity contribution in [3.8, 4) is 11.1 Å². The zero-order valence-corrected chi connectivity index (χ0v) is 24.8. The topological polar surface area (TPSA) is 105 Å². The Morgan fingerprint density at radius 3 is 2.24 bits per heavy atom. The smallest absolute Gasteiger partial charge is 0.240 e. The summed E-state index contributed by atoms with van der Waals surface area (Å²) in [7, 11) is -3.60. The van der Waals surface area contributed by atoms with Crippen LogP contribution in [0.4, 0.5) is 0 Å².